The van der Waals surface area contributed by atoms with E-state index in [-0.39, 0.29) is 30.5 Å². The molecule has 0 saturated heterocycles. The van der Waals surface area contributed by atoms with Crippen molar-refractivity contribution in [3.8, 4) is 23.0 Å². The number of aromatic nitrogens is 1. The standard InChI is InChI=1S/C26H30ClNO5/c1-15(2)24-20(28-25(32-24)19-8-7-18(27)13-22(19)31)9-10-21(30)17-6-11-23(16(3)12-17)33-26(4,5)14-29/h6-8,11-13,15,29,31H,9-10,14H2,1-5H3. The zero-order chi connectivity index (χ0) is 24.3. The number of hydrogen-bond donors (Lipinski definition) is 2. The number of benzene rings is 2. The third-order valence-electron chi connectivity index (χ3n) is 5.29. The highest BCUT2D eigenvalue weighted by Crippen LogP contribution is 2.34. The van der Waals surface area contributed by atoms with E-state index >= 15 is 0 Å². The first kappa shape index (κ1) is 24.8. The molecule has 0 unspecified atom stereocenters. The van der Waals surface area contributed by atoms with Gasteiger partial charge in [0.2, 0.25) is 5.89 Å². The summed E-state index contributed by atoms with van der Waals surface area (Å²) in [4.78, 5) is 17.5. The number of carbonyl (C=O) groups is 1. The first-order valence-electron chi connectivity index (χ1n) is 10.9. The minimum Gasteiger partial charge on any atom is -0.507 e. The van der Waals surface area contributed by atoms with Gasteiger partial charge in [0.05, 0.1) is 17.9 Å². The maximum atomic E-state index is 12.9. The zero-order valence-corrected chi connectivity index (χ0v) is 20.4. The summed E-state index contributed by atoms with van der Waals surface area (Å²) in [7, 11) is 0. The van der Waals surface area contributed by atoms with E-state index in [1.165, 1.54) is 6.07 Å². The number of ether oxygens (including phenoxy) is 1. The third-order valence-corrected chi connectivity index (χ3v) is 5.53. The van der Waals surface area contributed by atoms with E-state index in [9.17, 15) is 15.0 Å². The second kappa shape index (κ2) is 9.98. The van der Waals surface area contributed by atoms with Gasteiger partial charge in [-0.25, -0.2) is 4.98 Å². The number of aliphatic hydroxyl groups is 1. The summed E-state index contributed by atoms with van der Waals surface area (Å²) in [5.74, 6) is 1.68. The normalized spacial score (nSPS) is 11.8. The van der Waals surface area contributed by atoms with Gasteiger partial charge in [-0.3, -0.25) is 4.79 Å². The summed E-state index contributed by atoms with van der Waals surface area (Å²) in [6.45, 7) is 9.35. The predicted octanol–water partition coefficient (Wildman–Crippen LogP) is 6.10. The number of aromatic hydroxyl groups is 1. The molecule has 0 bridgehead atoms. The topological polar surface area (TPSA) is 92.8 Å². The van der Waals surface area contributed by atoms with Crippen molar-refractivity contribution in [2.45, 2.75) is 59.0 Å². The predicted molar refractivity (Wildman–Crippen MR) is 128 cm³/mol. The number of oxazole rings is 1. The Balaban J connectivity index is 1.77. The Hall–Kier alpha value is -2.83. The average molecular weight is 472 g/mol. The van der Waals surface area contributed by atoms with Gasteiger partial charge in [0.1, 0.15) is 22.9 Å². The van der Waals surface area contributed by atoms with Gasteiger partial charge in [0.25, 0.3) is 0 Å². The number of halogens is 1. The summed E-state index contributed by atoms with van der Waals surface area (Å²) < 4.78 is 11.8. The van der Waals surface area contributed by atoms with E-state index in [4.69, 9.17) is 20.8 Å². The molecular formula is C26H30ClNO5. The SMILES string of the molecule is Cc1cc(C(=O)CCc2nc(-c3ccc(Cl)cc3O)oc2C(C)C)ccc1OC(C)(C)CO. The fraction of sp³-hybridized carbons (Fsp3) is 0.385. The summed E-state index contributed by atoms with van der Waals surface area (Å²) >= 11 is 5.93. The Morgan fingerprint density at radius 3 is 2.55 bits per heavy atom. The summed E-state index contributed by atoms with van der Waals surface area (Å²) in [6.07, 6.45) is 0.680. The number of rotatable bonds is 9. The van der Waals surface area contributed by atoms with Gasteiger partial charge in [-0.1, -0.05) is 25.4 Å². The molecule has 0 atom stereocenters. The molecule has 3 aromatic rings. The highest BCUT2D eigenvalue weighted by molar-refractivity contribution is 6.30. The summed E-state index contributed by atoms with van der Waals surface area (Å²) in [5, 5.41) is 20.1. The maximum absolute atomic E-state index is 12.9. The number of aryl methyl sites for hydroxylation is 2. The lowest BCUT2D eigenvalue weighted by atomic mass is 10.0. The van der Waals surface area contributed by atoms with Crippen LogP contribution in [0.1, 0.15) is 67.4 Å². The van der Waals surface area contributed by atoms with Crippen LogP contribution >= 0.6 is 11.6 Å². The Labute approximate surface area is 199 Å². The number of phenols is 1. The Morgan fingerprint density at radius 1 is 1.21 bits per heavy atom. The lowest BCUT2D eigenvalue weighted by Crippen LogP contribution is -2.32. The molecule has 1 heterocycles. The van der Waals surface area contributed by atoms with E-state index in [1.807, 2.05) is 20.8 Å². The fourth-order valence-corrected chi connectivity index (χ4v) is 3.60. The van der Waals surface area contributed by atoms with Crippen LogP contribution in [0, 0.1) is 6.92 Å². The van der Waals surface area contributed by atoms with E-state index in [1.54, 1.807) is 44.2 Å². The number of carbonyl (C=O) groups excluding carboxylic acids is 1. The average Bonchev–Trinajstić information content (AvgIpc) is 3.17. The van der Waals surface area contributed by atoms with E-state index in [0.717, 1.165) is 5.56 Å². The molecule has 0 radical (unpaired) electrons. The molecule has 6 nitrogen and oxygen atoms in total. The van der Waals surface area contributed by atoms with Crippen molar-refractivity contribution in [3.05, 3.63) is 64.0 Å². The van der Waals surface area contributed by atoms with Gasteiger partial charge < -0.3 is 19.4 Å². The molecule has 0 saturated carbocycles. The Bertz CT molecular complexity index is 1150. The van der Waals surface area contributed by atoms with Crippen molar-refractivity contribution < 1.29 is 24.2 Å². The number of hydrogen-bond acceptors (Lipinski definition) is 6. The first-order valence-corrected chi connectivity index (χ1v) is 11.3. The molecule has 2 aromatic carbocycles. The Kier molecular flexibility index (Phi) is 7.50. The third kappa shape index (κ3) is 5.95. The van der Waals surface area contributed by atoms with Gasteiger partial charge in [0, 0.05) is 29.3 Å². The van der Waals surface area contributed by atoms with Crippen LogP contribution in [0.3, 0.4) is 0 Å². The van der Waals surface area contributed by atoms with Crippen LogP contribution < -0.4 is 4.74 Å². The minimum atomic E-state index is -0.702. The second-order valence-electron chi connectivity index (χ2n) is 9.07. The molecule has 176 valence electrons. The van der Waals surface area contributed by atoms with Gasteiger partial charge in [-0.05, 0) is 62.7 Å². The summed E-state index contributed by atoms with van der Waals surface area (Å²) in [6, 6.07) is 10.1. The zero-order valence-electron chi connectivity index (χ0n) is 19.6. The number of ketones is 1. The molecule has 2 N–H and O–H groups in total. The fourth-order valence-electron chi connectivity index (χ4n) is 3.44. The van der Waals surface area contributed by atoms with Crippen LogP contribution in [0.15, 0.2) is 40.8 Å². The molecule has 0 aliphatic rings. The van der Waals surface area contributed by atoms with E-state index in [2.05, 4.69) is 4.98 Å². The van der Waals surface area contributed by atoms with Crippen LogP contribution in [-0.2, 0) is 6.42 Å². The van der Waals surface area contributed by atoms with Crippen LogP contribution in [0.25, 0.3) is 11.5 Å². The van der Waals surface area contributed by atoms with Gasteiger partial charge >= 0.3 is 0 Å². The molecule has 0 spiro atoms. The van der Waals surface area contributed by atoms with Gasteiger partial charge in [-0.15, -0.1) is 0 Å². The quantitative estimate of drug-likeness (QED) is 0.366. The molecule has 0 amide bonds. The largest absolute Gasteiger partial charge is 0.507 e. The lowest BCUT2D eigenvalue weighted by Gasteiger charge is -2.25. The molecule has 33 heavy (non-hydrogen) atoms. The molecular weight excluding hydrogens is 442 g/mol. The first-order chi connectivity index (χ1) is 15.5. The van der Waals surface area contributed by atoms with Crippen molar-refractivity contribution in [3.63, 3.8) is 0 Å². The van der Waals surface area contributed by atoms with Crippen molar-refractivity contribution in [1.82, 2.24) is 4.98 Å². The van der Waals surface area contributed by atoms with Crippen LogP contribution in [0.2, 0.25) is 5.02 Å². The second-order valence-corrected chi connectivity index (χ2v) is 9.51. The van der Waals surface area contributed by atoms with Gasteiger partial charge in [0.15, 0.2) is 5.78 Å². The molecule has 0 fully saturated rings. The molecule has 3 rings (SSSR count). The molecule has 7 heteroatoms. The number of Topliss-reactive ketones (excluding diaryl/α,β-unsaturated/α-hetero) is 1. The number of nitrogens with zero attached hydrogens (tertiary/aromatic N) is 1. The van der Waals surface area contributed by atoms with Crippen LogP contribution in [0.4, 0.5) is 0 Å². The van der Waals surface area contributed by atoms with Crippen molar-refractivity contribution in [2.24, 2.45) is 0 Å². The smallest absolute Gasteiger partial charge is 0.230 e. The van der Waals surface area contributed by atoms with Crippen molar-refractivity contribution >= 4 is 17.4 Å². The van der Waals surface area contributed by atoms with E-state index < -0.39 is 5.60 Å². The Morgan fingerprint density at radius 2 is 1.94 bits per heavy atom. The number of phenolic OH excluding ortho intramolecular Hbond substituents is 1. The monoisotopic (exact) mass is 471 g/mol. The van der Waals surface area contributed by atoms with Crippen LogP contribution in [-0.4, -0.2) is 33.2 Å². The molecule has 0 aliphatic carbocycles. The number of aliphatic hydroxyl groups excluding tert-OH is 1. The van der Waals surface area contributed by atoms with Crippen molar-refractivity contribution in [2.75, 3.05) is 6.61 Å². The highest BCUT2D eigenvalue weighted by atomic mass is 35.5. The lowest BCUT2D eigenvalue weighted by molar-refractivity contribution is 0.0406. The van der Waals surface area contributed by atoms with Gasteiger partial charge in [-0.2, -0.15) is 0 Å². The highest BCUT2D eigenvalue weighted by Gasteiger charge is 2.22. The minimum absolute atomic E-state index is 0.0103. The maximum Gasteiger partial charge on any atom is 0.230 e. The summed E-state index contributed by atoms with van der Waals surface area (Å²) in [5.41, 5.74) is 1.87. The molecule has 0 aliphatic heterocycles. The van der Waals surface area contributed by atoms with E-state index in [0.29, 0.717) is 45.7 Å². The van der Waals surface area contributed by atoms with Crippen LogP contribution in [0.5, 0.6) is 11.5 Å². The van der Waals surface area contributed by atoms with Crippen molar-refractivity contribution in [1.29, 1.82) is 0 Å². The molecule has 1 aromatic heterocycles.